The Hall–Kier alpha value is -4.36. The number of nitrogens with zero attached hydrogens (tertiary/aromatic N) is 4. The van der Waals surface area contributed by atoms with Gasteiger partial charge in [0.2, 0.25) is 0 Å². The number of rotatable bonds is 12. The minimum atomic E-state index is -1.18. The van der Waals surface area contributed by atoms with Crippen molar-refractivity contribution in [3.63, 3.8) is 0 Å². The van der Waals surface area contributed by atoms with Gasteiger partial charge < -0.3 is 44.6 Å². The number of methoxy groups -OCH3 is 1. The highest BCUT2D eigenvalue weighted by Gasteiger charge is 2.24. The van der Waals surface area contributed by atoms with Crippen molar-refractivity contribution in [1.29, 1.82) is 0 Å². The molecule has 2 aromatic carbocycles. The molecule has 3 aromatic rings. The molecule has 0 aliphatic carbocycles. The Morgan fingerprint density at radius 1 is 1.00 bits per heavy atom. The van der Waals surface area contributed by atoms with Crippen LogP contribution in [0.25, 0.3) is 10.9 Å². The van der Waals surface area contributed by atoms with Crippen LogP contribution >= 0.6 is 0 Å². The van der Waals surface area contributed by atoms with E-state index in [9.17, 15) is 19.8 Å². The van der Waals surface area contributed by atoms with Crippen molar-refractivity contribution in [1.82, 2.24) is 14.9 Å². The number of carbonyl (C=O) groups excluding carboxylic acids is 1. The van der Waals surface area contributed by atoms with Gasteiger partial charge in [0.05, 0.1) is 37.4 Å². The van der Waals surface area contributed by atoms with E-state index in [1.54, 1.807) is 17.0 Å². The normalized spacial score (nSPS) is 14.9. The predicted molar refractivity (Wildman–Crippen MR) is 155 cm³/mol. The number of ether oxygens (including phenoxy) is 3. The largest absolute Gasteiger partial charge is 0.493 e. The molecule has 0 bridgehead atoms. The summed E-state index contributed by atoms with van der Waals surface area (Å²) in [5.74, 6) is 1.04. The molecule has 2 amide bonds. The maximum Gasteiger partial charge on any atom is 0.321 e. The number of piperazine rings is 1. The summed E-state index contributed by atoms with van der Waals surface area (Å²) in [6.07, 6.45) is -1.33. The SMILES string of the molecule is COc1cc2c(N3CCN(C(=O)Nc4ccc(OC(C)C)cc4)CC3)ncnc2cc1OCC(O)CC(O)CC(=O)O. The van der Waals surface area contributed by atoms with E-state index in [2.05, 4.69) is 20.2 Å². The summed E-state index contributed by atoms with van der Waals surface area (Å²) in [4.78, 5) is 36.3. The van der Waals surface area contributed by atoms with E-state index in [-0.39, 0.29) is 25.2 Å². The van der Waals surface area contributed by atoms with Crippen molar-refractivity contribution in [2.24, 2.45) is 0 Å². The average Bonchev–Trinajstić information content (AvgIpc) is 2.95. The zero-order valence-electron chi connectivity index (χ0n) is 23.9. The number of carbonyl (C=O) groups is 2. The monoisotopic (exact) mass is 583 g/mol. The number of anilines is 2. The van der Waals surface area contributed by atoms with E-state index in [1.165, 1.54) is 13.4 Å². The van der Waals surface area contributed by atoms with Crippen LogP contribution in [-0.2, 0) is 4.79 Å². The Kier molecular flexibility index (Phi) is 10.2. The molecule has 0 saturated carbocycles. The van der Waals surface area contributed by atoms with Gasteiger partial charge >= 0.3 is 12.0 Å². The van der Waals surface area contributed by atoms with Gasteiger partial charge in [-0.25, -0.2) is 14.8 Å². The number of urea groups is 1. The van der Waals surface area contributed by atoms with Crippen LogP contribution in [0.15, 0.2) is 42.7 Å². The van der Waals surface area contributed by atoms with E-state index in [0.717, 1.165) is 11.1 Å². The molecule has 42 heavy (non-hydrogen) atoms. The topological polar surface area (TPSA) is 167 Å². The number of carboxylic acids is 1. The standard InChI is InChI=1S/C29H37N5O8/c1-18(2)42-22-6-4-19(5-7-22)32-29(39)34-10-8-33(9-11-34)28-23-14-25(40-3)26(15-24(23)30-17-31-28)41-16-21(36)12-20(35)13-27(37)38/h4-7,14-15,17-18,20-21,35-36H,8-13,16H2,1-3H3,(H,32,39)(H,37,38). The molecule has 0 spiro atoms. The minimum absolute atomic E-state index is 0.0724. The summed E-state index contributed by atoms with van der Waals surface area (Å²) in [6, 6.07) is 10.5. The van der Waals surface area contributed by atoms with Gasteiger partial charge in [-0.05, 0) is 44.2 Å². The van der Waals surface area contributed by atoms with Crippen molar-refractivity contribution in [2.75, 3.05) is 50.1 Å². The average molecular weight is 584 g/mol. The first-order valence-corrected chi connectivity index (χ1v) is 13.7. The molecular weight excluding hydrogens is 546 g/mol. The summed E-state index contributed by atoms with van der Waals surface area (Å²) < 4.78 is 16.9. The molecule has 2 heterocycles. The smallest absolute Gasteiger partial charge is 0.321 e. The molecule has 1 fully saturated rings. The lowest BCUT2D eigenvalue weighted by Gasteiger charge is -2.35. The fourth-order valence-electron chi connectivity index (χ4n) is 4.64. The number of aliphatic hydroxyl groups is 2. The number of nitrogens with one attached hydrogen (secondary N) is 1. The highest BCUT2D eigenvalue weighted by Crippen LogP contribution is 2.35. The van der Waals surface area contributed by atoms with Crippen LogP contribution in [0.2, 0.25) is 0 Å². The Balaban J connectivity index is 1.38. The number of hydrogen-bond donors (Lipinski definition) is 4. The summed E-state index contributed by atoms with van der Waals surface area (Å²) in [7, 11) is 1.49. The van der Waals surface area contributed by atoms with Crippen LogP contribution < -0.4 is 24.4 Å². The number of amides is 2. The minimum Gasteiger partial charge on any atom is -0.493 e. The zero-order valence-corrected chi connectivity index (χ0v) is 23.9. The first-order chi connectivity index (χ1) is 20.1. The fraction of sp³-hybridized carbons (Fsp3) is 0.448. The van der Waals surface area contributed by atoms with Gasteiger partial charge in [0.25, 0.3) is 0 Å². The molecule has 2 unspecified atom stereocenters. The zero-order chi connectivity index (χ0) is 30.2. The van der Waals surface area contributed by atoms with E-state index >= 15 is 0 Å². The Morgan fingerprint density at radius 2 is 1.71 bits per heavy atom. The maximum atomic E-state index is 12.9. The van der Waals surface area contributed by atoms with Crippen molar-refractivity contribution in [3.05, 3.63) is 42.7 Å². The Bertz CT molecular complexity index is 1360. The lowest BCUT2D eigenvalue weighted by molar-refractivity contribution is -0.139. The molecule has 226 valence electrons. The molecule has 1 aliphatic heterocycles. The maximum absolute atomic E-state index is 12.9. The second kappa shape index (κ2) is 14.0. The second-order valence-electron chi connectivity index (χ2n) is 10.3. The molecule has 2 atom stereocenters. The number of fused-ring (bicyclic) bond motifs is 1. The molecule has 4 N–H and O–H groups in total. The van der Waals surface area contributed by atoms with Crippen LogP contribution in [0.5, 0.6) is 17.2 Å². The first-order valence-electron chi connectivity index (χ1n) is 13.7. The molecule has 1 aliphatic rings. The summed E-state index contributed by atoms with van der Waals surface area (Å²) in [5.41, 5.74) is 1.29. The van der Waals surface area contributed by atoms with Gasteiger partial charge in [-0.15, -0.1) is 0 Å². The van der Waals surface area contributed by atoms with Gasteiger partial charge in [0, 0.05) is 49.7 Å². The second-order valence-corrected chi connectivity index (χ2v) is 10.3. The molecule has 13 nitrogen and oxygen atoms in total. The molecule has 1 saturated heterocycles. The third-order valence-corrected chi connectivity index (χ3v) is 6.63. The van der Waals surface area contributed by atoms with Gasteiger partial charge in [0.15, 0.2) is 11.5 Å². The molecule has 0 radical (unpaired) electrons. The van der Waals surface area contributed by atoms with Crippen LogP contribution in [0, 0.1) is 0 Å². The van der Waals surface area contributed by atoms with Crippen LogP contribution in [-0.4, -0.2) is 100 Å². The van der Waals surface area contributed by atoms with Crippen molar-refractivity contribution < 1.29 is 39.1 Å². The Morgan fingerprint density at radius 3 is 2.36 bits per heavy atom. The lowest BCUT2D eigenvalue weighted by atomic mass is 10.1. The van der Waals surface area contributed by atoms with Gasteiger partial charge in [-0.3, -0.25) is 4.79 Å². The third kappa shape index (κ3) is 8.10. The summed E-state index contributed by atoms with van der Waals surface area (Å²) >= 11 is 0. The van der Waals surface area contributed by atoms with E-state index < -0.39 is 24.6 Å². The van der Waals surface area contributed by atoms with Crippen molar-refractivity contribution in [3.8, 4) is 17.2 Å². The number of carboxylic acid groups (broad SMARTS) is 1. The number of aliphatic carboxylic acids is 1. The van der Waals surface area contributed by atoms with Crippen LogP contribution in [0.3, 0.4) is 0 Å². The molecular formula is C29H37N5O8. The van der Waals surface area contributed by atoms with Crippen molar-refractivity contribution in [2.45, 2.75) is 45.0 Å². The van der Waals surface area contributed by atoms with Crippen LogP contribution in [0.1, 0.15) is 26.7 Å². The number of aromatic nitrogens is 2. The van der Waals surface area contributed by atoms with Crippen LogP contribution in [0.4, 0.5) is 16.3 Å². The summed E-state index contributed by atoms with van der Waals surface area (Å²) in [5, 5.41) is 32.4. The van der Waals surface area contributed by atoms with Gasteiger partial charge in [-0.1, -0.05) is 0 Å². The van der Waals surface area contributed by atoms with Gasteiger partial charge in [-0.2, -0.15) is 0 Å². The quantitative estimate of drug-likeness (QED) is 0.248. The van der Waals surface area contributed by atoms with E-state index in [4.69, 9.17) is 19.3 Å². The number of hydrogen-bond acceptors (Lipinski definition) is 10. The molecule has 13 heteroatoms. The number of benzene rings is 2. The lowest BCUT2D eigenvalue weighted by Crippen LogP contribution is -2.50. The van der Waals surface area contributed by atoms with E-state index in [1.807, 2.05) is 38.1 Å². The Labute approximate surface area is 243 Å². The predicted octanol–water partition coefficient (Wildman–Crippen LogP) is 2.75. The molecule has 4 rings (SSSR count). The summed E-state index contributed by atoms with van der Waals surface area (Å²) in [6.45, 7) is 5.86. The number of aliphatic hydroxyl groups excluding tert-OH is 2. The third-order valence-electron chi connectivity index (χ3n) is 6.63. The van der Waals surface area contributed by atoms with Gasteiger partial charge in [0.1, 0.15) is 24.5 Å². The fourth-order valence-corrected chi connectivity index (χ4v) is 4.64. The highest BCUT2D eigenvalue weighted by atomic mass is 16.5. The highest BCUT2D eigenvalue weighted by molar-refractivity contribution is 5.92. The molecule has 1 aromatic heterocycles. The van der Waals surface area contributed by atoms with E-state index in [0.29, 0.717) is 54.7 Å². The first kappa shape index (κ1) is 30.6. The van der Waals surface area contributed by atoms with Crippen molar-refractivity contribution >= 4 is 34.4 Å².